The van der Waals surface area contributed by atoms with Gasteiger partial charge in [0, 0.05) is 0 Å². The van der Waals surface area contributed by atoms with Crippen molar-refractivity contribution in [1.29, 1.82) is 0 Å². The lowest BCUT2D eigenvalue weighted by atomic mass is 10.2. The van der Waals surface area contributed by atoms with Gasteiger partial charge in [0.15, 0.2) is 0 Å². The summed E-state index contributed by atoms with van der Waals surface area (Å²) < 4.78 is 71.9. The number of sulfonamides is 1. The summed E-state index contributed by atoms with van der Waals surface area (Å²) in [6.45, 7) is 5.39. The molecule has 1 aromatic rings. The first-order valence-corrected chi connectivity index (χ1v) is 10.6. The zero-order valence-corrected chi connectivity index (χ0v) is 17.7. The van der Waals surface area contributed by atoms with Gasteiger partial charge in [0.05, 0.1) is 4.90 Å². The molecule has 158 valence electrons. The maximum atomic E-state index is 12.8. The summed E-state index contributed by atoms with van der Waals surface area (Å²) in [5, 5.41) is 9.16. The molecule has 1 aromatic carbocycles. The maximum Gasteiger partial charge on any atom is 0.425 e. The van der Waals surface area contributed by atoms with Crippen molar-refractivity contribution in [3.8, 4) is 5.75 Å². The quantitative estimate of drug-likeness (QED) is 0.670. The molecule has 1 amide bonds. The fraction of sp³-hybridized carbons (Fsp3) is 0.467. The number of aliphatic carboxylic acids is 1. The van der Waals surface area contributed by atoms with Crippen molar-refractivity contribution in [2.75, 3.05) is 0 Å². The second kappa shape index (κ2) is 8.39. The number of amides is 1. The van der Waals surface area contributed by atoms with E-state index in [1.807, 2.05) is 0 Å². The standard InChI is InChI=1S/C15H20F3NO7SSi/c1-9(12(20)21)19(13(22)25-14(2,3)4)27(23,24)11-7-5-10(6-8-11)26-28-15(16,17)18/h5-9H,28H2,1-4H3,(H,20,21)/t9-/m1/s1. The zero-order chi connectivity index (χ0) is 21.9. The zero-order valence-electron chi connectivity index (χ0n) is 15.5. The Kier molecular flexibility index (Phi) is 7.11. The number of benzene rings is 1. The number of rotatable bonds is 6. The van der Waals surface area contributed by atoms with Crippen molar-refractivity contribution in [2.24, 2.45) is 0 Å². The lowest BCUT2D eigenvalue weighted by Gasteiger charge is -2.29. The van der Waals surface area contributed by atoms with Crippen LogP contribution in [-0.4, -0.2) is 57.1 Å². The van der Waals surface area contributed by atoms with Crippen LogP contribution in [0.15, 0.2) is 29.2 Å². The first kappa shape index (κ1) is 23.8. The predicted octanol–water partition coefficient (Wildman–Crippen LogP) is 2.07. The van der Waals surface area contributed by atoms with Crippen molar-refractivity contribution >= 4 is 31.8 Å². The Morgan fingerprint density at radius 2 is 1.64 bits per heavy atom. The highest BCUT2D eigenvalue weighted by Crippen LogP contribution is 2.24. The third kappa shape index (κ3) is 6.71. The summed E-state index contributed by atoms with van der Waals surface area (Å²) in [5.74, 6) is -6.22. The fourth-order valence-electron chi connectivity index (χ4n) is 1.86. The largest absolute Gasteiger partial charge is 0.539 e. The molecule has 0 unspecified atom stereocenters. The van der Waals surface area contributed by atoms with Gasteiger partial charge >= 0.3 is 27.6 Å². The minimum Gasteiger partial charge on any atom is -0.539 e. The normalized spacial score (nSPS) is 14.0. The number of halogens is 3. The Balaban J connectivity index is 3.22. The number of hydrogen-bond donors (Lipinski definition) is 1. The average molecular weight is 443 g/mol. The minimum atomic E-state index is -4.67. The van der Waals surface area contributed by atoms with Crippen LogP contribution in [0, 0.1) is 0 Å². The van der Waals surface area contributed by atoms with Gasteiger partial charge in [0.2, 0.25) is 0 Å². The number of nitrogens with zero attached hydrogens (tertiary/aromatic N) is 1. The smallest absolute Gasteiger partial charge is 0.425 e. The molecule has 13 heteroatoms. The van der Waals surface area contributed by atoms with Crippen molar-refractivity contribution in [1.82, 2.24) is 4.31 Å². The lowest BCUT2D eigenvalue weighted by molar-refractivity contribution is -0.140. The van der Waals surface area contributed by atoms with E-state index in [2.05, 4.69) is 4.43 Å². The minimum absolute atomic E-state index is 0.0703. The molecule has 1 N–H and O–H groups in total. The van der Waals surface area contributed by atoms with Crippen molar-refractivity contribution in [3.63, 3.8) is 0 Å². The molecule has 0 aliphatic carbocycles. The van der Waals surface area contributed by atoms with Gasteiger partial charge in [-0.2, -0.15) is 17.5 Å². The Labute approximate surface area is 162 Å². The summed E-state index contributed by atoms with van der Waals surface area (Å²) >= 11 is 0. The average Bonchev–Trinajstić information content (AvgIpc) is 2.50. The van der Waals surface area contributed by atoms with Gasteiger partial charge in [-0.05, 0) is 52.0 Å². The number of carboxylic acids is 1. The first-order valence-electron chi connectivity index (χ1n) is 7.84. The van der Waals surface area contributed by atoms with Crippen LogP contribution >= 0.6 is 0 Å². The van der Waals surface area contributed by atoms with Gasteiger partial charge in [0.1, 0.15) is 17.4 Å². The second-order valence-corrected chi connectivity index (χ2v) is 9.86. The topological polar surface area (TPSA) is 110 Å². The van der Waals surface area contributed by atoms with Crippen LogP contribution in [0.1, 0.15) is 27.7 Å². The fourth-order valence-corrected chi connectivity index (χ4v) is 3.83. The molecule has 0 saturated carbocycles. The molecule has 0 bridgehead atoms. The lowest BCUT2D eigenvalue weighted by Crippen LogP contribution is -2.48. The van der Waals surface area contributed by atoms with Gasteiger partial charge in [0.25, 0.3) is 10.0 Å². The van der Waals surface area contributed by atoms with Crippen LogP contribution in [0.25, 0.3) is 0 Å². The van der Waals surface area contributed by atoms with Crippen LogP contribution in [0.5, 0.6) is 5.75 Å². The number of alkyl halides is 3. The third-order valence-electron chi connectivity index (χ3n) is 3.07. The Morgan fingerprint density at radius 1 is 1.14 bits per heavy atom. The summed E-state index contributed by atoms with van der Waals surface area (Å²) in [4.78, 5) is 23.1. The van der Waals surface area contributed by atoms with Crippen molar-refractivity contribution < 1.29 is 45.4 Å². The first-order chi connectivity index (χ1) is 12.5. The Morgan fingerprint density at radius 3 is 2.04 bits per heavy atom. The van der Waals surface area contributed by atoms with Crippen LogP contribution in [-0.2, 0) is 19.6 Å². The number of hydrogen-bond acceptors (Lipinski definition) is 6. The van der Waals surface area contributed by atoms with E-state index in [9.17, 15) is 31.2 Å². The SMILES string of the molecule is C[C@H](C(=O)O)N(C(=O)OC(C)(C)C)S(=O)(=O)c1ccc(O[SiH2]C(F)(F)F)cc1. The molecular formula is C15H20F3NO7SSi. The Hall–Kier alpha value is -2.28. The van der Waals surface area contributed by atoms with E-state index in [0.717, 1.165) is 31.2 Å². The number of carbonyl (C=O) groups excluding carboxylic acids is 1. The molecule has 0 fully saturated rings. The van der Waals surface area contributed by atoms with E-state index in [-0.39, 0.29) is 10.1 Å². The second-order valence-electron chi connectivity index (χ2n) is 6.67. The highest BCUT2D eigenvalue weighted by molar-refractivity contribution is 7.89. The van der Waals surface area contributed by atoms with Crippen LogP contribution < -0.4 is 4.43 Å². The molecule has 0 saturated heterocycles. The van der Waals surface area contributed by atoms with E-state index in [1.54, 1.807) is 0 Å². The van der Waals surface area contributed by atoms with Gasteiger partial charge in [-0.3, -0.25) is 0 Å². The number of carbonyl (C=O) groups is 2. The monoisotopic (exact) mass is 443 g/mol. The van der Waals surface area contributed by atoms with E-state index in [0.29, 0.717) is 0 Å². The van der Waals surface area contributed by atoms with Crippen molar-refractivity contribution in [3.05, 3.63) is 24.3 Å². The van der Waals surface area contributed by atoms with Crippen LogP contribution in [0.4, 0.5) is 18.0 Å². The highest BCUT2D eigenvalue weighted by atomic mass is 32.2. The van der Waals surface area contributed by atoms with E-state index < -0.39 is 54.2 Å². The van der Waals surface area contributed by atoms with Gasteiger partial charge in [-0.1, -0.05) is 0 Å². The van der Waals surface area contributed by atoms with Gasteiger partial charge < -0.3 is 14.3 Å². The molecule has 1 rings (SSSR count). The summed E-state index contributed by atoms with van der Waals surface area (Å²) in [5.41, 5.74) is -1.09. The molecule has 1 atom stereocenters. The molecule has 0 aliphatic heterocycles. The molecule has 8 nitrogen and oxygen atoms in total. The van der Waals surface area contributed by atoms with Gasteiger partial charge in [-0.15, -0.1) is 0 Å². The molecular weight excluding hydrogens is 423 g/mol. The van der Waals surface area contributed by atoms with Gasteiger partial charge in [-0.25, -0.2) is 18.0 Å². The van der Waals surface area contributed by atoms with Crippen molar-refractivity contribution in [2.45, 2.75) is 50.0 Å². The predicted molar refractivity (Wildman–Crippen MR) is 94.0 cm³/mol. The highest BCUT2D eigenvalue weighted by Gasteiger charge is 2.40. The molecule has 0 radical (unpaired) electrons. The van der Waals surface area contributed by atoms with E-state index in [1.165, 1.54) is 20.8 Å². The van der Waals surface area contributed by atoms with Crippen LogP contribution in [0.2, 0.25) is 0 Å². The third-order valence-corrected chi connectivity index (χ3v) is 5.72. The summed E-state index contributed by atoms with van der Waals surface area (Å²) in [6, 6.07) is 2.03. The molecule has 28 heavy (non-hydrogen) atoms. The van der Waals surface area contributed by atoms with E-state index >= 15 is 0 Å². The summed E-state index contributed by atoms with van der Waals surface area (Å²) in [7, 11) is -7.54. The Bertz CT molecular complexity index is 820. The maximum absolute atomic E-state index is 12.8. The molecule has 0 aromatic heterocycles. The van der Waals surface area contributed by atoms with Crippen LogP contribution in [0.3, 0.4) is 0 Å². The molecule has 0 heterocycles. The number of ether oxygens (including phenoxy) is 1. The molecule has 0 aliphatic rings. The number of carboxylic acid groups (broad SMARTS) is 1. The van der Waals surface area contributed by atoms with E-state index in [4.69, 9.17) is 9.84 Å². The summed E-state index contributed by atoms with van der Waals surface area (Å²) in [6.07, 6.45) is -1.40. The molecule has 0 spiro atoms.